The van der Waals surface area contributed by atoms with Crippen molar-refractivity contribution in [3.63, 3.8) is 0 Å². The first-order valence-electron chi connectivity index (χ1n) is 30.6. The fourth-order valence-corrected chi connectivity index (χ4v) is 8.76. The summed E-state index contributed by atoms with van der Waals surface area (Å²) in [6, 6.07) is 0. The number of unbranched alkanes of at least 4 members (excludes halogenated alkanes) is 23. The molecule has 3 N–H and O–H groups in total. The Hall–Kier alpha value is -4.10. The van der Waals surface area contributed by atoms with Crippen LogP contribution in [0.5, 0.6) is 0 Å². The Morgan fingerprint density at radius 3 is 1.34 bits per heavy atom. The summed E-state index contributed by atoms with van der Waals surface area (Å²) in [6.07, 6.45) is 55.6. The lowest BCUT2D eigenvalue weighted by Gasteiger charge is -2.40. The molecule has 0 amide bonds. The minimum atomic E-state index is -1.92. The minimum Gasteiger partial charge on any atom is -0.479 e. The number of ether oxygens (including phenoxy) is 5. The van der Waals surface area contributed by atoms with Crippen molar-refractivity contribution in [2.24, 2.45) is 0 Å². The molecule has 0 aromatic heterocycles. The van der Waals surface area contributed by atoms with Crippen LogP contribution in [0.4, 0.5) is 0 Å². The Morgan fingerprint density at radius 2 is 0.844 bits per heavy atom. The van der Waals surface area contributed by atoms with Crippen molar-refractivity contribution in [3.8, 4) is 0 Å². The molecule has 77 heavy (non-hydrogen) atoms. The van der Waals surface area contributed by atoms with E-state index in [4.69, 9.17) is 23.7 Å². The molecule has 6 unspecified atom stereocenters. The molecule has 12 heteroatoms. The molecule has 1 rings (SSSR count). The largest absolute Gasteiger partial charge is 0.479 e. The van der Waals surface area contributed by atoms with Crippen molar-refractivity contribution in [3.05, 3.63) is 85.1 Å². The Bertz CT molecular complexity index is 1660. The molecule has 0 bridgehead atoms. The predicted octanol–water partition coefficient (Wildman–Crippen LogP) is 15.9. The summed E-state index contributed by atoms with van der Waals surface area (Å²) < 4.78 is 28.4. The SMILES string of the molecule is CC/C=C\C/C=C\C/C=C\C/C=C\CCC(=O)OC(COC(=O)CCCCCCCCC/C=C\C/C=C\CCCCC)COC1OC(C(=O)O)C(O)C(O)C1OC(=O)CCCCCCCCC/C=C\CCCCCCCC. The Kier molecular flexibility index (Phi) is 48.4. The molecular weight excluding hydrogens is 973 g/mol. The maximum atomic E-state index is 13.1. The Morgan fingerprint density at radius 1 is 0.442 bits per heavy atom. The first kappa shape index (κ1) is 70.9. The van der Waals surface area contributed by atoms with Gasteiger partial charge < -0.3 is 39.0 Å². The molecule has 0 saturated carbocycles. The number of esters is 3. The second-order valence-electron chi connectivity index (χ2n) is 20.6. The lowest BCUT2D eigenvalue weighted by molar-refractivity contribution is -0.301. The number of allylic oxidation sites excluding steroid dienone is 14. The topological polar surface area (TPSA) is 175 Å². The molecule has 6 atom stereocenters. The number of aliphatic carboxylic acids is 1. The molecule has 440 valence electrons. The van der Waals surface area contributed by atoms with E-state index in [1.54, 1.807) is 0 Å². The van der Waals surface area contributed by atoms with Gasteiger partial charge in [-0.3, -0.25) is 14.4 Å². The first-order valence-corrected chi connectivity index (χ1v) is 30.6. The van der Waals surface area contributed by atoms with Gasteiger partial charge in [-0.1, -0.05) is 215 Å². The average Bonchev–Trinajstić information content (AvgIpc) is 3.42. The number of carbonyl (C=O) groups is 4. The quantitative estimate of drug-likeness (QED) is 0.0228. The van der Waals surface area contributed by atoms with Crippen LogP contribution in [0.1, 0.15) is 252 Å². The van der Waals surface area contributed by atoms with Crippen LogP contribution in [-0.2, 0) is 42.9 Å². The fraction of sp³-hybridized carbons (Fsp3) is 0.723. The standard InChI is InChI=1S/C65H108O12/c1-4-7-10-13-16-19-22-25-27-29-31-34-36-39-42-45-48-51-57(66)73-54-56(75-58(67)52-49-46-43-40-37-33-24-21-18-15-12-9-6-3)55-74-65-63(61(70)60(69)62(77-65)64(71)72)76-59(68)53-50-47-44-41-38-35-32-30-28-26-23-20-17-14-11-8-5-2/h9,12,16,18-19,21,25-28,33,37,43,46,56,60-63,65,69-70H,4-8,10-11,13-15,17,20,22-24,29-32,34-36,38-42,44-45,47-55H2,1-3H3,(H,71,72)/b12-9-,19-16-,21-18-,27-25-,28-26-,37-33-,46-43-. The van der Waals surface area contributed by atoms with Crippen LogP contribution in [0.2, 0.25) is 0 Å². The van der Waals surface area contributed by atoms with E-state index >= 15 is 0 Å². The number of carboxylic acids is 1. The van der Waals surface area contributed by atoms with Gasteiger partial charge in [-0.05, 0) is 103 Å². The Balaban J connectivity index is 2.71. The van der Waals surface area contributed by atoms with Crippen LogP contribution in [0, 0.1) is 0 Å². The third-order valence-corrected chi connectivity index (χ3v) is 13.4. The van der Waals surface area contributed by atoms with Gasteiger partial charge in [0.15, 0.2) is 24.6 Å². The monoisotopic (exact) mass is 1080 g/mol. The van der Waals surface area contributed by atoms with E-state index in [-0.39, 0.29) is 25.9 Å². The summed E-state index contributed by atoms with van der Waals surface area (Å²) in [4.78, 5) is 51.1. The van der Waals surface area contributed by atoms with E-state index in [9.17, 15) is 34.5 Å². The molecule has 1 aliphatic rings. The molecule has 12 nitrogen and oxygen atoms in total. The van der Waals surface area contributed by atoms with Crippen LogP contribution in [-0.4, -0.2) is 89.2 Å². The lowest BCUT2D eigenvalue weighted by Crippen LogP contribution is -2.61. The van der Waals surface area contributed by atoms with Crippen LogP contribution in [0.3, 0.4) is 0 Å². The van der Waals surface area contributed by atoms with Crippen molar-refractivity contribution >= 4 is 23.9 Å². The van der Waals surface area contributed by atoms with Gasteiger partial charge in [0.25, 0.3) is 0 Å². The number of aliphatic hydroxyl groups excluding tert-OH is 2. The van der Waals surface area contributed by atoms with Crippen LogP contribution in [0.15, 0.2) is 85.1 Å². The van der Waals surface area contributed by atoms with Crippen LogP contribution >= 0.6 is 0 Å². The lowest BCUT2D eigenvalue weighted by atomic mass is 9.98. The maximum Gasteiger partial charge on any atom is 0.335 e. The van der Waals surface area contributed by atoms with E-state index in [2.05, 4.69) is 93.7 Å². The average molecular weight is 1080 g/mol. The van der Waals surface area contributed by atoms with Crippen molar-refractivity contribution in [1.82, 2.24) is 0 Å². The molecule has 1 saturated heterocycles. The molecule has 1 heterocycles. The van der Waals surface area contributed by atoms with E-state index in [1.807, 2.05) is 12.2 Å². The summed E-state index contributed by atoms with van der Waals surface area (Å²) in [5, 5.41) is 31.5. The summed E-state index contributed by atoms with van der Waals surface area (Å²) in [5.74, 6) is -3.24. The highest BCUT2D eigenvalue weighted by Gasteiger charge is 2.50. The summed E-state index contributed by atoms with van der Waals surface area (Å²) in [7, 11) is 0. The number of rotatable bonds is 51. The van der Waals surface area contributed by atoms with Gasteiger partial charge in [-0.25, -0.2) is 4.79 Å². The fourth-order valence-electron chi connectivity index (χ4n) is 8.76. The predicted molar refractivity (Wildman–Crippen MR) is 312 cm³/mol. The number of carboxylic acid groups (broad SMARTS) is 1. The third-order valence-electron chi connectivity index (χ3n) is 13.4. The van der Waals surface area contributed by atoms with E-state index in [0.717, 1.165) is 96.3 Å². The van der Waals surface area contributed by atoms with Gasteiger partial charge in [0, 0.05) is 19.3 Å². The summed E-state index contributed by atoms with van der Waals surface area (Å²) in [5.41, 5.74) is 0. The van der Waals surface area contributed by atoms with Gasteiger partial charge in [0.05, 0.1) is 6.61 Å². The smallest absolute Gasteiger partial charge is 0.335 e. The summed E-state index contributed by atoms with van der Waals surface area (Å²) in [6.45, 7) is 5.78. The normalized spacial score (nSPS) is 18.6. The van der Waals surface area contributed by atoms with E-state index in [0.29, 0.717) is 25.7 Å². The molecule has 1 aliphatic heterocycles. The molecule has 0 radical (unpaired) electrons. The molecular formula is C65H108O12. The summed E-state index contributed by atoms with van der Waals surface area (Å²) >= 11 is 0. The number of aliphatic hydroxyl groups is 2. The van der Waals surface area contributed by atoms with Crippen molar-refractivity contribution in [2.75, 3.05) is 13.2 Å². The second-order valence-corrected chi connectivity index (χ2v) is 20.6. The highest BCUT2D eigenvalue weighted by atomic mass is 16.7. The Labute approximate surface area is 467 Å². The molecule has 0 aromatic carbocycles. The first-order chi connectivity index (χ1) is 37.6. The third kappa shape index (κ3) is 42.5. The van der Waals surface area contributed by atoms with Gasteiger partial charge >= 0.3 is 23.9 Å². The molecule has 1 fully saturated rings. The van der Waals surface area contributed by atoms with Gasteiger partial charge in [0.1, 0.15) is 18.8 Å². The van der Waals surface area contributed by atoms with Crippen LogP contribution in [0.25, 0.3) is 0 Å². The number of hydrogen-bond donors (Lipinski definition) is 3. The van der Waals surface area contributed by atoms with E-state index < -0.39 is 67.3 Å². The molecule has 0 aliphatic carbocycles. The van der Waals surface area contributed by atoms with Gasteiger partial charge in [-0.2, -0.15) is 0 Å². The van der Waals surface area contributed by atoms with Gasteiger partial charge in [0.2, 0.25) is 0 Å². The maximum absolute atomic E-state index is 13.1. The minimum absolute atomic E-state index is 0.0371. The number of hydrogen-bond acceptors (Lipinski definition) is 11. The number of carbonyl (C=O) groups excluding carboxylic acids is 3. The van der Waals surface area contributed by atoms with Crippen molar-refractivity contribution < 1.29 is 58.2 Å². The van der Waals surface area contributed by atoms with E-state index in [1.165, 1.54) is 89.9 Å². The highest BCUT2D eigenvalue weighted by molar-refractivity contribution is 5.74. The zero-order valence-electron chi connectivity index (χ0n) is 48.4. The van der Waals surface area contributed by atoms with Crippen molar-refractivity contribution in [2.45, 2.75) is 289 Å². The van der Waals surface area contributed by atoms with Gasteiger partial charge in [-0.15, -0.1) is 0 Å². The highest BCUT2D eigenvalue weighted by Crippen LogP contribution is 2.26. The van der Waals surface area contributed by atoms with Crippen molar-refractivity contribution in [1.29, 1.82) is 0 Å². The second kappa shape index (κ2) is 52.6. The zero-order valence-corrected chi connectivity index (χ0v) is 48.4. The zero-order chi connectivity index (χ0) is 56.1. The van der Waals surface area contributed by atoms with Crippen LogP contribution < -0.4 is 0 Å². The molecule has 0 aromatic rings. The molecule has 0 spiro atoms.